The van der Waals surface area contributed by atoms with Crippen molar-refractivity contribution < 1.29 is 38.9 Å². The van der Waals surface area contributed by atoms with Gasteiger partial charge in [-0.1, -0.05) is 56.3 Å². The van der Waals surface area contributed by atoms with Gasteiger partial charge in [0.05, 0.1) is 0 Å². The van der Waals surface area contributed by atoms with E-state index in [2.05, 4.69) is 10.6 Å². The topological polar surface area (TPSA) is 188 Å². The maximum atomic E-state index is 13.9. The van der Waals surface area contributed by atoms with Crippen molar-refractivity contribution in [2.75, 3.05) is 6.54 Å². The van der Waals surface area contributed by atoms with Gasteiger partial charge in [0.1, 0.15) is 30.5 Å². The summed E-state index contributed by atoms with van der Waals surface area (Å²) in [6.45, 7) is 4.61. The molecule has 0 aliphatic carbocycles. The molecule has 0 aliphatic heterocycles. The number of aliphatic carboxylic acids is 1. The van der Waals surface area contributed by atoms with Crippen molar-refractivity contribution in [3.63, 3.8) is 0 Å². The minimum Gasteiger partial charge on any atom is -0.508 e. The molecule has 12 heteroatoms. The van der Waals surface area contributed by atoms with E-state index in [4.69, 9.17) is 10.5 Å². The van der Waals surface area contributed by atoms with Crippen LogP contribution in [0.2, 0.25) is 0 Å². The number of nitrogens with two attached hydrogens (primary N) is 1. The van der Waals surface area contributed by atoms with Gasteiger partial charge >= 0.3 is 12.1 Å². The van der Waals surface area contributed by atoms with Gasteiger partial charge in [-0.2, -0.15) is 0 Å². The summed E-state index contributed by atoms with van der Waals surface area (Å²) in [5.74, 6) is -4.10. The summed E-state index contributed by atoms with van der Waals surface area (Å²) >= 11 is 0. The first-order chi connectivity index (χ1) is 19.9. The van der Waals surface area contributed by atoms with E-state index in [0.717, 1.165) is 0 Å². The summed E-state index contributed by atoms with van der Waals surface area (Å²) in [7, 11) is 0. The number of phenols is 1. The van der Waals surface area contributed by atoms with Crippen LogP contribution >= 0.6 is 0 Å². The van der Waals surface area contributed by atoms with Gasteiger partial charge in [0.25, 0.3) is 5.91 Å². The lowest BCUT2D eigenvalue weighted by atomic mass is 9.99. The minimum atomic E-state index is -1.56. The molecule has 0 fully saturated rings. The molecule has 2 aromatic carbocycles. The Bertz CT molecular complexity index is 1200. The van der Waals surface area contributed by atoms with Gasteiger partial charge in [-0.15, -0.1) is 0 Å². The predicted molar refractivity (Wildman–Crippen MR) is 154 cm³/mol. The number of amides is 4. The third-order valence-corrected chi connectivity index (χ3v) is 6.47. The fraction of sp³-hybridized carbons (Fsp3) is 0.433. The van der Waals surface area contributed by atoms with E-state index in [0.29, 0.717) is 35.4 Å². The molecule has 0 saturated carbocycles. The van der Waals surface area contributed by atoms with E-state index in [1.54, 1.807) is 56.3 Å². The normalized spacial score (nSPS) is 13.0. The molecule has 0 aliphatic rings. The third-order valence-electron chi connectivity index (χ3n) is 6.47. The van der Waals surface area contributed by atoms with Crippen molar-refractivity contribution in [1.29, 1.82) is 0 Å². The van der Waals surface area contributed by atoms with Crippen molar-refractivity contribution >= 4 is 29.8 Å². The molecule has 0 aromatic heterocycles. The number of carbonyl (C=O) groups excluding carboxylic acids is 4. The van der Waals surface area contributed by atoms with Gasteiger partial charge in [0.2, 0.25) is 11.8 Å². The summed E-state index contributed by atoms with van der Waals surface area (Å²) in [5.41, 5.74) is 6.82. The van der Waals surface area contributed by atoms with E-state index in [-0.39, 0.29) is 25.2 Å². The molecule has 2 aromatic rings. The van der Waals surface area contributed by atoms with Crippen molar-refractivity contribution in [2.24, 2.45) is 11.7 Å². The first-order valence-electron chi connectivity index (χ1n) is 13.8. The Morgan fingerprint density at radius 2 is 1.57 bits per heavy atom. The number of rotatable bonds is 15. The number of carboxylic acids is 1. The Kier molecular flexibility index (Phi) is 13.4. The number of nitrogens with zero attached hydrogens (tertiary/aromatic N) is 1. The molecular weight excluding hydrogens is 544 g/mol. The number of benzene rings is 2. The Morgan fingerprint density at radius 3 is 2.12 bits per heavy atom. The summed E-state index contributed by atoms with van der Waals surface area (Å²) in [6.07, 6.45) is -0.368. The van der Waals surface area contributed by atoms with Crippen molar-refractivity contribution in [3.05, 3.63) is 65.7 Å². The summed E-state index contributed by atoms with van der Waals surface area (Å²) in [5, 5.41) is 24.7. The molecule has 0 unspecified atom stereocenters. The van der Waals surface area contributed by atoms with E-state index in [1.807, 2.05) is 0 Å². The Balaban J connectivity index is 2.36. The van der Waals surface area contributed by atoms with Gasteiger partial charge in [-0.3, -0.25) is 14.4 Å². The molecular formula is C30H40N4O8. The first kappa shape index (κ1) is 33.8. The third kappa shape index (κ3) is 10.5. The van der Waals surface area contributed by atoms with Gasteiger partial charge < -0.3 is 31.3 Å². The predicted octanol–water partition coefficient (Wildman–Crippen LogP) is 2.33. The van der Waals surface area contributed by atoms with Crippen molar-refractivity contribution in [3.8, 4) is 5.75 Å². The first-order valence-corrected chi connectivity index (χ1v) is 13.8. The molecule has 0 radical (unpaired) electrons. The van der Waals surface area contributed by atoms with Crippen LogP contribution < -0.4 is 16.4 Å². The molecule has 0 heterocycles. The van der Waals surface area contributed by atoms with Gasteiger partial charge in [-0.25, -0.2) is 14.5 Å². The Labute approximate surface area is 245 Å². The van der Waals surface area contributed by atoms with Gasteiger partial charge in [-0.05, 0) is 55.0 Å². The smallest absolute Gasteiger partial charge is 0.417 e. The number of unbranched alkanes of at least 4 members (excludes halogenated alkanes) is 1. The molecule has 6 N–H and O–H groups in total. The second kappa shape index (κ2) is 16.7. The second-order valence-electron chi connectivity index (χ2n) is 10.2. The lowest BCUT2D eigenvalue weighted by molar-refractivity contribution is -0.151. The van der Waals surface area contributed by atoms with Gasteiger partial charge in [0, 0.05) is 13.3 Å². The lowest BCUT2D eigenvalue weighted by Gasteiger charge is -2.32. The summed E-state index contributed by atoms with van der Waals surface area (Å²) < 4.78 is 5.36. The van der Waals surface area contributed by atoms with E-state index in [9.17, 15) is 34.2 Å². The van der Waals surface area contributed by atoms with Crippen LogP contribution in [0.3, 0.4) is 0 Å². The molecule has 3 atom stereocenters. The average molecular weight is 585 g/mol. The van der Waals surface area contributed by atoms with Crippen LogP contribution in [0, 0.1) is 5.92 Å². The number of phenolic OH excluding ortho intramolecular Hbond substituents is 1. The van der Waals surface area contributed by atoms with Crippen molar-refractivity contribution in [2.45, 2.75) is 71.2 Å². The fourth-order valence-corrected chi connectivity index (χ4v) is 4.24. The molecule has 12 nitrogen and oxygen atoms in total. The minimum absolute atomic E-state index is 0.0310. The van der Waals surface area contributed by atoms with Crippen LogP contribution in [0.5, 0.6) is 5.75 Å². The fourth-order valence-electron chi connectivity index (χ4n) is 4.24. The average Bonchev–Trinajstić information content (AvgIpc) is 2.94. The maximum absolute atomic E-state index is 13.9. The highest BCUT2D eigenvalue weighted by Gasteiger charge is 2.41. The van der Waals surface area contributed by atoms with E-state index in [1.165, 1.54) is 19.1 Å². The van der Waals surface area contributed by atoms with Crippen LogP contribution in [-0.2, 0) is 36.9 Å². The molecule has 4 amide bonds. The molecule has 0 bridgehead atoms. The highest BCUT2D eigenvalue weighted by molar-refractivity contribution is 6.01. The summed E-state index contributed by atoms with van der Waals surface area (Å²) in [4.78, 5) is 65.3. The number of imide groups is 1. The number of hydrogen-bond donors (Lipinski definition) is 5. The monoisotopic (exact) mass is 584 g/mol. The highest BCUT2D eigenvalue weighted by Crippen LogP contribution is 2.18. The van der Waals surface area contributed by atoms with E-state index < -0.39 is 53.8 Å². The Morgan fingerprint density at radius 1 is 0.929 bits per heavy atom. The largest absolute Gasteiger partial charge is 0.508 e. The number of hydrogen-bond acceptors (Lipinski definition) is 8. The standard InChI is InChI=1S/C30H40N4O8/c1-19(2)26(33-27(37)24(32-20(3)35)17-21-12-14-23(36)15-13-21)28(38)34(25(29(39)40)11-7-8-16-31)30(41)42-18-22-9-5-4-6-10-22/h4-6,9-10,12-15,19,24-26,36H,7-8,11,16-18,31H2,1-3H3,(H,32,35)(H,33,37)(H,39,40)/t24-,25-,26-/m0/s1. The van der Waals surface area contributed by atoms with Crippen LogP contribution in [0.4, 0.5) is 4.79 Å². The molecule has 228 valence electrons. The zero-order valence-corrected chi connectivity index (χ0v) is 24.1. The molecule has 0 saturated heterocycles. The molecule has 42 heavy (non-hydrogen) atoms. The zero-order chi connectivity index (χ0) is 31.2. The number of ether oxygens (including phenoxy) is 1. The van der Waals surface area contributed by atoms with E-state index >= 15 is 0 Å². The maximum Gasteiger partial charge on any atom is 0.417 e. The quantitative estimate of drug-likeness (QED) is 0.196. The number of aromatic hydroxyl groups is 1. The number of nitrogens with one attached hydrogen (secondary N) is 2. The number of carbonyl (C=O) groups is 5. The molecule has 2 rings (SSSR count). The Hall–Kier alpha value is -4.45. The van der Waals surface area contributed by atoms with Crippen LogP contribution in [0.1, 0.15) is 51.2 Å². The SMILES string of the molecule is CC(=O)N[C@@H](Cc1ccc(O)cc1)C(=O)N[C@H](C(=O)N(C(=O)OCc1ccccc1)[C@@H](CCCCN)C(=O)O)C(C)C. The number of carboxylic acid groups (broad SMARTS) is 1. The van der Waals surface area contributed by atoms with Crippen LogP contribution in [0.25, 0.3) is 0 Å². The summed E-state index contributed by atoms with van der Waals surface area (Å²) in [6, 6.07) is 10.8. The van der Waals surface area contributed by atoms with Crippen LogP contribution in [0.15, 0.2) is 54.6 Å². The lowest BCUT2D eigenvalue weighted by Crippen LogP contribution is -2.60. The molecule has 0 spiro atoms. The van der Waals surface area contributed by atoms with Gasteiger partial charge in [0.15, 0.2) is 0 Å². The zero-order valence-electron chi connectivity index (χ0n) is 24.1. The van der Waals surface area contributed by atoms with Crippen molar-refractivity contribution in [1.82, 2.24) is 15.5 Å². The van der Waals surface area contributed by atoms with Crippen LogP contribution in [-0.4, -0.2) is 69.6 Å². The second-order valence-corrected chi connectivity index (χ2v) is 10.2. The highest BCUT2D eigenvalue weighted by atomic mass is 16.6.